The summed E-state index contributed by atoms with van der Waals surface area (Å²) < 4.78 is 0. The highest BCUT2D eigenvalue weighted by Gasteiger charge is 2.21. The zero-order valence-electron chi connectivity index (χ0n) is 11.9. The largest absolute Gasteiger partial charge is 0.355 e. The van der Waals surface area contributed by atoms with E-state index in [0.717, 1.165) is 0 Å². The lowest BCUT2D eigenvalue weighted by Gasteiger charge is -2.19. The summed E-state index contributed by atoms with van der Waals surface area (Å²) in [5, 5.41) is 9.15. The van der Waals surface area contributed by atoms with Crippen molar-refractivity contribution < 1.29 is 9.59 Å². The highest BCUT2D eigenvalue weighted by molar-refractivity contribution is 5.82. The SMILES string of the molecule is CN(Cc1ncn[nH]1)C(=O)CCNC(=O)C(C)(C)C. The van der Waals surface area contributed by atoms with E-state index in [1.807, 2.05) is 20.8 Å². The zero-order valence-corrected chi connectivity index (χ0v) is 11.9. The maximum Gasteiger partial charge on any atom is 0.225 e. The van der Waals surface area contributed by atoms with Crippen LogP contribution in [0, 0.1) is 5.41 Å². The lowest BCUT2D eigenvalue weighted by atomic mass is 9.96. The van der Waals surface area contributed by atoms with Crippen molar-refractivity contribution in [1.82, 2.24) is 25.4 Å². The summed E-state index contributed by atoms with van der Waals surface area (Å²) in [4.78, 5) is 28.9. The van der Waals surface area contributed by atoms with E-state index in [2.05, 4.69) is 20.5 Å². The Labute approximate surface area is 112 Å². The van der Waals surface area contributed by atoms with Gasteiger partial charge in [-0.2, -0.15) is 5.10 Å². The molecule has 0 bridgehead atoms. The van der Waals surface area contributed by atoms with E-state index in [-0.39, 0.29) is 18.2 Å². The molecule has 1 aromatic heterocycles. The summed E-state index contributed by atoms with van der Waals surface area (Å²) in [6, 6.07) is 0. The molecule has 0 saturated carbocycles. The van der Waals surface area contributed by atoms with E-state index in [4.69, 9.17) is 0 Å². The summed E-state index contributed by atoms with van der Waals surface area (Å²) in [7, 11) is 1.69. The number of amides is 2. The van der Waals surface area contributed by atoms with Crippen LogP contribution in [0.2, 0.25) is 0 Å². The van der Waals surface area contributed by atoms with Crippen molar-refractivity contribution in [3.63, 3.8) is 0 Å². The quantitative estimate of drug-likeness (QED) is 0.803. The first kappa shape index (κ1) is 15.1. The number of rotatable bonds is 5. The highest BCUT2D eigenvalue weighted by Crippen LogP contribution is 2.12. The molecule has 0 atom stereocenters. The van der Waals surface area contributed by atoms with Crippen molar-refractivity contribution in [2.45, 2.75) is 33.7 Å². The van der Waals surface area contributed by atoms with Crippen LogP contribution in [0.4, 0.5) is 0 Å². The normalized spacial score (nSPS) is 11.2. The Kier molecular flexibility index (Phi) is 5.02. The molecule has 0 aliphatic carbocycles. The first-order chi connectivity index (χ1) is 8.80. The Bertz CT molecular complexity index is 422. The lowest BCUT2D eigenvalue weighted by molar-refractivity contribution is -0.131. The second-order valence-electron chi connectivity index (χ2n) is 5.44. The van der Waals surface area contributed by atoms with Gasteiger partial charge < -0.3 is 10.2 Å². The topological polar surface area (TPSA) is 91.0 Å². The van der Waals surface area contributed by atoms with Crippen LogP contribution in [0.5, 0.6) is 0 Å². The van der Waals surface area contributed by atoms with Gasteiger partial charge in [-0.05, 0) is 0 Å². The summed E-state index contributed by atoms with van der Waals surface area (Å²) in [5.74, 6) is 0.526. The fourth-order valence-electron chi connectivity index (χ4n) is 1.36. The van der Waals surface area contributed by atoms with Gasteiger partial charge in [-0.25, -0.2) is 4.98 Å². The standard InChI is InChI=1S/C12H21N5O2/c1-12(2,3)11(19)13-6-5-10(18)17(4)7-9-14-8-15-16-9/h8H,5-7H2,1-4H3,(H,13,19)(H,14,15,16). The second-order valence-corrected chi connectivity index (χ2v) is 5.44. The molecule has 1 heterocycles. The Hall–Kier alpha value is -1.92. The van der Waals surface area contributed by atoms with Gasteiger partial charge in [0, 0.05) is 25.4 Å². The summed E-state index contributed by atoms with van der Waals surface area (Å²) in [5.41, 5.74) is -0.436. The van der Waals surface area contributed by atoms with Crippen molar-refractivity contribution in [2.75, 3.05) is 13.6 Å². The number of carbonyl (C=O) groups excluding carboxylic acids is 2. The van der Waals surface area contributed by atoms with Gasteiger partial charge in [0.1, 0.15) is 12.2 Å². The van der Waals surface area contributed by atoms with Crippen molar-refractivity contribution in [2.24, 2.45) is 5.41 Å². The van der Waals surface area contributed by atoms with Gasteiger partial charge >= 0.3 is 0 Å². The average molecular weight is 267 g/mol. The Morgan fingerprint density at radius 3 is 2.63 bits per heavy atom. The van der Waals surface area contributed by atoms with Gasteiger partial charge in [-0.1, -0.05) is 20.8 Å². The van der Waals surface area contributed by atoms with Crippen molar-refractivity contribution >= 4 is 11.8 Å². The molecule has 7 heteroatoms. The minimum atomic E-state index is -0.436. The van der Waals surface area contributed by atoms with Crippen LogP contribution in [0.1, 0.15) is 33.0 Å². The molecule has 0 fully saturated rings. The fraction of sp³-hybridized carbons (Fsp3) is 0.667. The molecule has 19 heavy (non-hydrogen) atoms. The van der Waals surface area contributed by atoms with Crippen LogP contribution in [-0.4, -0.2) is 45.5 Å². The summed E-state index contributed by atoms with van der Waals surface area (Å²) in [6.07, 6.45) is 1.67. The summed E-state index contributed by atoms with van der Waals surface area (Å²) in [6.45, 7) is 6.22. The molecule has 0 radical (unpaired) electrons. The van der Waals surface area contributed by atoms with Gasteiger partial charge in [0.2, 0.25) is 11.8 Å². The molecule has 0 aliphatic rings. The van der Waals surface area contributed by atoms with Crippen LogP contribution in [0.15, 0.2) is 6.33 Å². The number of aromatic amines is 1. The predicted octanol–water partition coefficient (Wildman–Crippen LogP) is 0.315. The average Bonchev–Trinajstić information content (AvgIpc) is 2.80. The van der Waals surface area contributed by atoms with E-state index >= 15 is 0 Å². The van der Waals surface area contributed by atoms with Crippen molar-refractivity contribution in [1.29, 1.82) is 0 Å². The molecule has 2 amide bonds. The monoisotopic (exact) mass is 267 g/mol. The minimum absolute atomic E-state index is 0.0504. The number of aromatic nitrogens is 3. The van der Waals surface area contributed by atoms with E-state index in [0.29, 0.717) is 18.9 Å². The van der Waals surface area contributed by atoms with E-state index in [9.17, 15) is 9.59 Å². The molecule has 106 valence electrons. The maximum atomic E-state index is 11.8. The van der Waals surface area contributed by atoms with Crippen LogP contribution in [0.25, 0.3) is 0 Å². The van der Waals surface area contributed by atoms with Gasteiger partial charge in [0.25, 0.3) is 0 Å². The molecule has 0 aliphatic heterocycles. The number of hydrogen-bond donors (Lipinski definition) is 2. The lowest BCUT2D eigenvalue weighted by Crippen LogP contribution is -2.37. The zero-order chi connectivity index (χ0) is 14.5. The van der Waals surface area contributed by atoms with Gasteiger partial charge in [0.05, 0.1) is 6.54 Å². The fourth-order valence-corrected chi connectivity index (χ4v) is 1.36. The van der Waals surface area contributed by atoms with Crippen LogP contribution >= 0.6 is 0 Å². The minimum Gasteiger partial charge on any atom is -0.355 e. The number of carbonyl (C=O) groups is 2. The maximum absolute atomic E-state index is 11.8. The third-order valence-electron chi connectivity index (χ3n) is 2.58. The van der Waals surface area contributed by atoms with Gasteiger partial charge in [0.15, 0.2) is 0 Å². The summed E-state index contributed by atoms with van der Waals surface area (Å²) >= 11 is 0. The Morgan fingerprint density at radius 2 is 2.11 bits per heavy atom. The van der Waals surface area contributed by atoms with Crippen LogP contribution < -0.4 is 5.32 Å². The van der Waals surface area contributed by atoms with E-state index in [1.54, 1.807) is 11.9 Å². The molecule has 2 N–H and O–H groups in total. The number of nitrogens with zero attached hydrogens (tertiary/aromatic N) is 3. The first-order valence-corrected chi connectivity index (χ1v) is 6.17. The first-order valence-electron chi connectivity index (χ1n) is 6.17. The van der Waals surface area contributed by atoms with Crippen LogP contribution in [-0.2, 0) is 16.1 Å². The van der Waals surface area contributed by atoms with Crippen LogP contribution in [0.3, 0.4) is 0 Å². The van der Waals surface area contributed by atoms with Crippen molar-refractivity contribution in [3.8, 4) is 0 Å². The number of H-pyrrole nitrogens is 1. The molecule has 1 rings (SSSR count). The van der Waals surface area contributed by atoms with Gasteiger partial charge in [-0.3, -0.25) is 14.7 Å². The number of nitrogens with one attached hydrogen (secondary N) is 2. The molecule has 0 saturated heterocycles. The molecule has 1 aromatic rings. The molecular formula is C12H21N5O2. The molecule has 0 aromatic carbocycles. The molecular weight excluding hydrogens is 246 g/mol. The highest BCUT2D eigenvalue weighted by atomic mass is 16.2. The Morgan fingerprint density at radius 1 is 1.42 bits per heavy atom. The predicted molar refractivity (Wildman–Crippen MR) is 69.9 cm³/mol. The third-order valence-corrected chi connectivity index (χ3v) is 2.58. The molecule has 0 unspecified atom stereocenters. The molecule has 0 spiro atoms. The third kappa shape index (κ3) is 5.07. The second kappa shape index (κ2) is 6.31. The Balaban J connectivity index is 2.29. The van der Waals surface area contributed by atoms with E-state index in [1.165, 1.54) is 6.33 Å². The van der Waals surface area contributed by atoms with E-state index < -0.39 is 5.41 Å². The molecule has 7 nitrogen and oxygen atoms in total. The van der Waals surface area contributed by atoms with Crippen molar-refractivity contribution in [3.05, 3.63) is 12.2 Å². The number of hydrogen-bond acceptors (Lipinski definition) is 4. The van der Waals surface area contributed by atoms with Gasteiger partial charge in [-0.15, -0.1) is 0 Å². The smallest absolute Gasteiger partial charge is 0.225 e.